The number of hydrogen-bond donors (Lipinski definition) is 1. The maximum Gasteiger partial charge on any atom is 0.259 e. The highest BCUT2D eigenvalue weighted by atomic mass is 16.5. The Labute approximate surface area is 93.8 Å². The normalized spacial score (nSPS) is 28.4. The van der Waals surface area contributed by atoms with Gasteiger partial charge < -0.3 is 14.7 Å². The van der Waals surface area contributed by atoms with E-state index < -0.39 is 0 Å². The van der Waals surface area contributed by atoms with Gasteiger partial charge in [-0.05, 0) is 19.9 Å². The third-order valence-electron chi connectivity index (χ3n) is 3.64. The van der Waals surface area contributed by atoms with Crippen LogP contribution in [-0.2, 0) is 0 Å². The summed E-state index contributed by atoms with van der Waals surface area (Å²) in [6, 6.07) is 0.419. The monoisotopic (exact) mass is 221 g/mol. The van der Waals surface area contributed by atoms with Gasteiger partial charge >= 0.3 is 0 Å². The molecule has 5 nitrogen and oxygen atoms in total. The van der Waals surface area contributed by atoms with Gasteiger partial charge in [0.05, 0.1) is 6.20 Å². The molecule has 86 valence electrons. The van der Waals surface area contributed by atoms with E-state index in [2.05, 4.69) is 10.5 Å². The second-order valence-corrected chi connectivity index (χ2v) is 4.57. The lowest BCUT2D eigenvalue weighted by Crippen LogP contribution is -2.64. The molecule has 0 radical (unpaired) electrons. The molecule has 2 aliphatic heterocycles. The Kier molecular flexibility index (Phi) is 2.21. The van der Waals surface area contributed by atoms with E-state index in [0.717, 1.165) is 26.1 Å². The van der Waals surface area contributed by atoms with Gasteiger partial charge in [-0.2, -0.15) is 0 Å². The first kappa shape index (κ1) is 9.84. The first-order valence-electron chi connectivity index (χ1n) is 5.70. The van der Waals surface area contributed by atoms with Crippen LogP contribution in [0.3, 0.4) is 0 Å². The predicted octanol–water partition coefficient (Wildman–Crippen LogP) is 0.417. The van der Waals surface area contributed by atoms with Gasteiger partial charge in [-0.15, -0.1) is 0 Å². The number of amides is 1. The zero-order valence-corrected chi connectivity index (χ0v) is 9.27. The first-order valence-corrected chi connectivity index (χ1v) is 5.70. The van der Waals surface area contributed by atoms with Crippen molar-refractivity contribution in [1.82, 2.24) is 15.4 Å². The van der Waals surface area contributed by atoms with Crippen LogP contribution in [0.5, 0.6) is 0 Å². The number of aromatic nitrogens is 1. The van der Waals surface area contributed by atoms with Gasteiger partial charge in [-0.1, -0.05) is 5.16 Å². The van der Waals surface area contributed by atoms with Crippen LogP contribution in [0.1, 0.15) is 22.5 Å². The van der Waals surface area contributed by atoms with Crippen molar-refractivity contribution in [3.63, 3.8) is 0 Å². The highest BCUT2D eigenvalue weighted by Crippen LogP contribution is 2.31. The van der Waals surface area contributed by atoms with Gasteiger partial charge in [0.1, 0.15) is 11.3 Å². The Balaban J connectivity index is 1.75. The number of carbonyl (C=O) groups excluding carboxylic acids is 1. The van der Waals surface area contributed by atoms with E-state index in [1.807, 2.05) is 4.90 Å². The Morgan fingerprint density at radius 1 is 1.69 bits per heavy atom. The van der Waals surface area contributed by atoms with Crippen molar-refractivity contribution in [1.29, 1.82) is 0 Å². The Hall–Kier alpha value is -1.36. The van der Waals surface area contributed by atoms with Crippen molar-refractivity contribution in [2.45, 2.75) is 19.4 Å². The van der Waals surface area contributed by atoms with Crippen LogP contribution < -0.4 is 5.32 Å². The standard InChI is InChI=1S/C11H15N3O2/c1-7-9(5-13-16-7)11(15)14-6-8-4-12-3-2-10(8)14/h5,8,10,12H,2-4,6H2,1H3. The fourth-order valence-electron chi connectivity index (χ4n) is 2.65. The molecular weight excluding hydrogens is 206 g/mol. The Bertz CT molecular complexity index is 415. The smallest absolute Gasteiger partial charge is 0.259 e. The molecule has 2 saturated heterocycles. The molecule has 3 heterocycles. The van der Waals surface area contributed by atoms with E-state index in [0.29, 0.717) is 23.3 Å². The quantitative estimate of drug-likeness (QED) is 0.746. The molecule has 16 heavy (non-hydrogen) atoms. The van der Waals surface area contributed by atoms with E-state index in [4.69, 9.17) is 4.52 Å². The molecule has 0 aliphatic carbocycles. The van der Waals surface area contributed by atoms with E-state index in [1.54, 1.807) is 6.92 Å². The zero-order chi connectivity index (χ0) is 11.1. The minimum atomic E-state index is 0.0712. The van der Waals surface area contributed by atoms with Crippen LogP contribution in [0.25, 0.3) is 0 Å². The van der Waals surface area contributed by atoms with Gasteiger partial charge in [-0.3, -0.25) is 4.79 Å². The molecule has 1 aromatic rings. The van der Waals surface area contributed by atoms with Gasteiger partial charge in [-0.25, -0.2) is 0 Å². The van der Waals surface area contributed by atoms with Crippen molar-refractivity contribution in [3.8, 4) is 0 Å². The lowest BCUT2D eigenvalue weighted by Gasteiger charge is -2.50. The topological polar surface area (TPSA) is 58.4 Å². The molecule has 2 unspecified atom stereocenters. The lowest BCUT2D eigenvalue weighted by atomic mass is 9.83. The predicted molar refractivity (Wildman–Crippen MR) is 57.0 cm³/mol. The average molecular weight is 221 g/mol. The number of nitrogens with zero attached hydrogens (tertiary/aromatic N) is 2. The summed E-state index contributed by atoms with van der Waals surface area (Å²) in [4.78, 5) is 14.1. The molecule has 0 saturated carbocycles. The summed E-state index contributed by atoms with van der Waals surface area (Å²) >= 11 is 0. The fraction of sp³-hybridized carbons (Fsp3) is 0.636. The van der Waals surface area contributed by atoms with Gasteiger partial charge in [0, 0.05) is 25.0 Å². The summed E-state index contributed by atoms with van der Waals surface area (Å²) in [7, 11) is 0. The van der Waals surface area contributed by atoms with Gasteiger partial charge in [0.15, 0.2) is 0 Å². The maximum atomic E-state index is 12.2. The highest BCUT2D eigenvalue weighted by molar-refractivity contribution is 5.95. The van der Waals surface area contributed by atoms with E-state index >= 15 is 0 Å². The van der Waals surface area contributed by atoms with Crippen molar-refractivity contribution < 1.29 is 9.32 Å². The van der Waals surface area contributed by atoms with Crippen molar-refractivity contribution in [2.75, 3.05) is 19.6 Å². The molecule has 1 N–H and O–H groups in total. The summed E-state index contributed by atoms with van der Waals surface area (Å²) < 4.78 is 4.93. The third-order valence-corrected chi connectivity index (χ3v) is 3.64. The van der Waals surface area contributed by atoms with Gasteiger partial charge in [0.25, 0.3) is 5.91 Å². The molecule has 5 heteroatoms. The van der Waals surface area contributed by atoms with Crippen molar-refractivity contribution in [2.24, 2.45) is 5.92 Å². The van der Waals surface area contributed by atoms with Crippen molar-refractivity contribution in [3.05, 3.63) is 17.5 Å². The molecular formula is C11H15N3O2. The molecule has 3 rings (SSSR count). The average Bonchev–Trinajstić information content (AvgIpc) is 2.66. The molecule has 2 aliphatic rings. The SMILES string of the molecule is Cc1oncc1C(=O)N1CC2CNCCC21. The summed E-state index contributed by atoms with van der Waals surface area (Å²) in [5.74, 6) is 1.32. The minimum absolute atomic E-state index is 0.0712. The molecule has 1 aromatic heterocycles. The first-order chi connectivity index (χ1) is 7.77. The van der Waals surface area contributed by atoms with Crippen molar-refractivity contribution >= 4 is 5.91 Å². The molecule has 1 amide bonds. The number of carbonyl (C=O) groups is 1. The van der Waals surface area contributed by atoms with Crippen LogP contribution in [-0.4, -0.2) is 41.6 Å². The number of likely N-dealkylation sites (tertiary alicyclic amines) is 1. The van der Waals surface area contributed by atoms with Crippen LogP contribution in [0.2, 0.25) is 0 Å². The molecule has 2 fully saturated rings. The molecule has 2 atom stereocenters. The number of nitrogens with one attached hydrogen (secondary N) is 1. The maximum absolute atomic E-state index is 12.2. The lowest BCUT2D eigenvalue weighted by molar-refractivity contribution is 0.00235. The second-order valence-electron chi connectivity index (χ2n) is 4.57. The fourth-order valence-corrected chi connectivity index (χ4v) is 2.65. The zero-order valence-electron chi connectivity index (χ0n) is 9.27. The minimum Gasteiger partial charge on any atom is -0.361 e. The second kappa shape index (κ2) is 3.59. The van der Waals surface area contributed by atoms with Crippen LogP contribution in [0, 0.1) is 12.8 Å². The van der Waals surface area contributed by atoms with Crippen LogP contribution >= 0.6 is 0 Å². The summed E-state index contributed by atoms with van der Waals surface area (Å²) in [5.41, 5.74) is 0.608. The number of piperidine rings is 1. The summed E-state index contributed by atoms with van der Waals surface area (Å²) in [6.07, 6.45) is 2.58. The summed E-state index contributed by atoms with van der Waals surface area (Å²) in [6.45, 7) is 4.69. The molecule has 0 bridgehead atoms. The van der Waals surface area contributed by atoms with Crippen LogP contribution in [0.15, 0.2) is 10.7 Å². The molecule has 0 aromatic carbocycles. The number of hydrogen-bond acceptors (Lipinski definition) is 4. The Morgan fingerprint density at radius 3 is 3.25 bits per heavy atom. The van der Waals surface area contributed by atoms with Gasteiger partial charge in [0.2, 0.25) is 0 Å². The van der Waals surface area contributed by atoms with Crippen LogP contribution in [0.4, 0.5) is 0 Å². The number of aryl methyl sites for hydroxylation is 1. The Morgan fingerprint density at radius 2 is 2.56 bits per heavy atom. The number of fused-ring (bicyclic) bond motifs is 1. The summed E-state index contributed by atoms with van der Waals surface area (Å²) in [5, 5.41) is 7.01. The largest absolute Gasteiger partial charge is 0.361 e. The molecule has 0 spiro atoms. The third kappa shape index (κ3) is 1.35. The van der Waals surface area contributed by atoms with E-state index in [-0.39, 0.29) is 5.91 Å². The van der Waals surface area contributed by atoms with E-state index in [1.165, 1.54) is 6.20 Å². The van der Waals surface area contributed by atoms with E-state index in [9.17, 15) is 4.79 Å². The highest BCUT2D eigenvalue weighted by Gasteiger charge is 2.43. The number of rotatable bonds is 1.